The largest absolute Gasteiger partial charge is 0.355 e. The first-order valence-corrected chi connectivity index (χ1v) is 10.4. The smallest absolute Gasteiger partial charge is 0.254 e. The molecule has 0 aliphatic heterocycles. The number of fused-ring (bicyclic) bond motifs is 3. The lowest BCUT2D eigenvalue weighted by Crippen LogP contribution is -2.32. The Hall–Kier alpha value is -3.19. The Labute approximate surface area is 178 Å². The number of aromatic nitrogens is 5. The van der Waals surface area contributed by atoms with Crippen LogP contribution < -0.4 is 5.32 Å². The Morgan fingerprint density at radius 2 is 2.13 bits per heavy atom. The van der Waals surface area contributed by atoms with E-state index in [0.717, 1.165) is 47.0 Å². The van der Waals surface area contributed by atoms with E-state index in [4.69, 9.17) is 11.6 Å². The number of halogens is 1. The summed E-state index contributed by atoms with van der Waals surface area (Å²) >= 11 is 6.40. The molecule has 2 aromatic carbocycles. The molecule has 4 aromatic rings. The van der Waals surface area contributed by atoms with Gasteiger partial charge in [-0.05, 0) is 72.4 Å². The van der Waals surface area contributed by atoms with Gasteiger partial charge in [0.15, 0.2) is 0 Å². The number of rotatable bonds is 3. The minimum atomic E-state index is -0.147. The molecule has 0 bridgehead atoms. The van der Waals surface area contributed by atoms with Crippen molar-refractivity contribution in [3.05, 3.63) is 69.6 Å². The van der Waals surface area contributed by atoms with E-state index in [1.54, 1.807) is 4.68 Å². The van der Waals surface area contributed by atoms with Gasteiger partial charge in [-0.25, -0.2) is 0 Å². The van der Waals surface area contributed by atoms with Crippen LogP contribution in [0.15, 0.2) is 36.7 Å². The molecular weight excluding hydrogens is 400 g/mol. The Morgan fingerprint density at radius 1 is 1.27 bits per heavy atom. The van der Waals surface area contributed by atoms with Gasteiger partial charge in [0.25, 0.3) is 5.91 Å². The summed E-state index contributed by atoms with van der Waals surface area (Å²) in [6.07, 6.45) is 4.36. The van der Waals surface area contributed by atoms with Gasteiger partial charge in [-0.15, -0.1) is 5.10 Å². The summed E-state index contributed by atoms with van der Waals surface area (Å²) in [5.41, 5.74) is 6.51. The van der Waals surface area contributed by atoms with Gasteiger partial charge in [0.2, 0.25) is 0 Å². The Balaban J connectivity index is 1.53. The molecule has 0 saturated heterocycles. The van der Waals surface area contributed by atoms with E-state index in [2.05, 4.69) is 31.9 Å². The zero-order valence-corrected chi connectivity index (χ0v) is 17.5. The third-order valence-corrected chi connectivity index (χ3v) is 6.34. The summed E-state index contributed by atoms with van der Waals surface area (Å²) in [7, 11) is 0. The number of nitrogens with zero attached hydrogens (tertiary/aromatic N) is 4. The van der Waals surface area contributed by atoms with Crippen molar-refractivity contribution in [2.75, 3.05) is 0 Å². The molecule has 1 aliphatic rings. The lowest BCUT2D eigenvalue weighted by Gasteiger charge is -2.24. The van der Waals surface area contributed by atoms with E-state index in [9.17, 15) is 4.79 Å². The molecule has 0 radical (unpaired) electrons. The lowest BCUT2D eigenvalue weighted by atomic mass is 9.91. The molecule has 152 valence electrons. The van der Waals surface area contributed by atoms with Crippen molar-refractivity contribution < 1.29 is 4.79 Å². The minimum Gasteiger partial charge on any atom is -0.355 e. The van der Waals surface area contributed by atoms with Crippen LogP contribution in [0.3, 0.4) is 0 Å². The topological polar surface area (TPSA) is 88.5 Å². The molecule has 2 aromatic heterocycles. The van der Waals surface area contributed by atoms with Crippen LogP contribution in [0.4, 0.5) is 0 Å². The predicted molar refractivity (Wildman–Crippen MR) is 115 cm³/mol. The summed E-state index contributed by atoms with van der Waals surface area (Å²) in [6.45, 7) is 3.98. The quantitative estimate of drug-likeness (QED) is 0.519. The number of nitrogens with one attached hydrogen (secondary N) is 2. The number of H-pyrrole nitrogens is 1. The average molecular weight is 421 g/mol. The number of hydrogen-bond donors (Lipinski definition) is 2. The van der Waals surface area contributed by atoms with Gasteiger partial charge < -0.3 is 10.3 Å². The minimum absolute atomic E-state index is 0.104. The number of para-hydroxylation sites is 1. The summed E-state index contributed by atoms with van der Waals surface area (Å²) < 4.78 is 1.55. The molecular formula is C22H21ClN6O. The summed E-state index contributed by atoms with van der Waals surface area (Å²) in [4.78, 5) is 16.8. The van der Waals surface area contributed by atoms with Gasteiger partial charge in [-0.2, -0.15) is 4.68 Å². The predicted octanol–water partition coefficient (Wildman–Crippen LogP) is 4.22. The summed E-state index contributed by atoms with van der Waals surface area (Å²) in [5, 5.41) is 16.5. The Kier molecular flexibility index (Phi) is 4.55. The number of benzene rings is 2. The number of hydrogen-bond acceptors (Lipinski definition) is 4. The number of tetrazole rings is 1. The highest BCUT2D eigenvalue weighted by atomic mass is 35.5. The van der Waals surface area contributed by atoms with Gasteiger partial charge in [-0.1, -0.05) is 29.8 Å². The van der Waals surface area contributed by atoms with Crippen LogP contribution in [-0.4, -0.2) is 31.1 Å². The second kappa shape index (κ2) is 7.25. The van der Waals surface area contributed by atoms with Gasteiger partial charge in [0, 0.05) is 11.1 Å². The van der Waals surface area contributed by atoms with Crippen molar-refractivity contribution in [1.29, 1.82) is 0 Å². The van der Waals surface area contributed by atoms with E-state index < -0.39 is 0 Å². The third-order valence-electron chi connectivity index (χ3n) is 6.02. The molecule has 1 amide bonds. The number of amides is 1. The highest BCUT2D eigenvalue weighted by Gasteiger charge is 2.27. The standard InChI is InChI=1S/C22H21ClN6O/c1-12-9-10-16(21(13(12)2)29-11-24-27-28-29)22(30)25-18-8-4-6-15-14-5-3-7-17(23)19(14)26-20(15)18/h3,5,7,9-11,18,26H,4,6,8H2,1-2H3,(H,25,30). The van der Waals surface area contributed by atoms with E-state index in [-0.39, 0.29) is 11.9 Å². The maximum absolute atomic E-state index is 13.4. The monoisotopic (exact) mass is 420 g/mol. The molecule has 0 saturated carbocycles. The van der Waals surface area contributed by atoms with Crippen LogP contribution in [0, 0.1) is 13.8 Å². The fourth-order valence-electron chi connectivity index (χ4n) is 4.38. The first-order chi connectivity index (χ1) is 14.5. The molecule has 5 rings (SSSR count). The summed E-state index contributed by atoms with van der Waals surface area (Å²) in [5.74, 6) is -0.147. The first kappa shape index (κ1) is 18.8. The number of carbonyl (C=O) groups is 1. The highest BCUT2D eigenvalue weighted by Crippen LogP contribution is 2.37. The normalized spacial score (nSPS) is 15.9. The van der Waals surface area contributed by atoms with Crippen molar-refractivity contribution in [2.24, 2.45) is 0 Å². The van der Waals surface area contributed by atoms with E-state index in [0.29, 0.717) is 16.3 Å². The van der Waals surface area contributed by atoms with Gasteiger partial charge >= 0.3 is 0 Å². The molecule has 1 atom stereocenters. The molecule has 1 unspecified atom stereocenters. The molecule has 0 fully saturated rings. The molecule has 0 spiro atoms. The van der Waals surface area contributed by atoms with Crippen LogP contribution in [0.2, 0.25) is 5.02 Å². The van der Waals surface area contributed by atoms with E-state index in [1.165, 1.54) is 11.9 Å². The van der Waals surface area contributed by atoms with Crippen molar-refractivity contribution >= 4 is 28.4 Å². The van der Waals surface area contributed by atoms with Gasteiger partial charge in [0.1, 0.15) is 6.33 Å². The third kappa shape index (κ3) is 2.97. The summed E-state index contributed by atoms with van der Waals surface area (Å²) in [6, 6.07) is 9.61. The van der Waals surface area contributed by atoms with Gasteiger partial charge in [-0.3, -0.25) is 4.79 Å². The first-order valence-electron chi connectivity index (χ1n) is 9.98. The van der Waals surface area contributed by atoms with Crippen LogP contribution in [0.25, 0.3) is 16.6 Å². The van der Waals surface area contributed by atoms with Crippen LogP contribution in [0.5, 0.6) is 0 Å². The second-order valence-electron chi connectivity index (χ2n) is 7.76. The lowest BCUT2D eigenvalue weighted by molar-refractivity contribution is 0.0931. The van der Waals surface area contributed by atoms with Crippen molar-refractivity contribution in [1.82, 2.24) is 30.5 Å². The van der Waals surface area contributed by atoms with Crippen LogP contribution in [0.1, 0.15) is 51.6 Å². The molecule has 2 heterocycles. The highest BCUT2D eigenvalue weighted by molar-refractivity contribution is 6.35. The van der Waals surface area contributed by atoms with Crippen molar-refractivity contribution in [3.8, 4) is 5.69 Å². The van der Waals surface area contributed by atoms with Crippen LogP contribution in [-0.2, 0) is 6.42 Å². The number of aryl methyl sites for hydroxylation is 2. The second-order valence-corrected chi connectivity index (χ2v) is 8.16. The molecule has 7 nitrogen and oxygen atoms in total. The average Bonchev–Trinajstić information content (AvgIpc) is 3.39. The number of carbonyl (C=O) groups excluding carboxylic acids is 1. The molecule has 1 aliphatic carbocycles. The van der Waals surface area contributed by atoms with E-state index in [1.807, 2.05) is 38.1 Å². The number of aromatic amines is 1. The zero-order chi connectivity index (χ0) is 20.8. The van der Waals surface area contributed by atoms with Crippen molar-refractivity contribution in [2.45, 2.75) is 39.2 Å². The van der Waals surface area contributed by atoms with Crippen molar-refractivity contribution in [3.63, 3.8) is 0 Å². The molecule has 2 N–H and O–H groups in total. The Bertz CT molecular complexity index is 1260. The fraction of sp³-hybridized carbons (Fsp3) is 0.273. The molecule has 8 heteroatoms. The van der Waals surface area contributed by atoms with Crippen LogP contribution >= 0.6 is 11.6 Å². The molecule has 30 heavy (non-hydrogen) atoms. The maximum Gasteiger partial charge on any atom is 0.254 e. The fourth-order valence-corrected chi connectivity index (χ4v) is 4.60. The van der Waals surface area contributed by atoms with E-state index >= 15 is 0 Å². The SMILES string of the molecule is Cc1ccc(C(=O)NC2CCCc3c2[nH]c2c(Cl)cccc32)c(-n2cnnn2)c1C. The zero-order valence-electron chi connectivity index (χ0n) is 16.7. The van der Waals surface area contributed by atoms with Gasteiger partial charge in [0.05, 0.1) is 27.8 Å². The maximum atomic E-state index is 13.4. The Morgan fingerprint density at radius 3 is 2.93 bits per heavy atom.